The van der Waals surface area contributed by atoms with Crippen molar-refractivity contribution in [3.05, 3.63) is 66.4 Å². The van der Waals surface area contributed by atoms with Gasteiger partial charge >= 0.3 is 6.01 Å². The molecule has 0 aliphatic carbocycles. The summed E-state index contributed by atoms with van der Waals surface area (Å²) in [5, 5.41) is 0. The van der Waals surface area contributed by atoms with Crippen LogP contribution in [0.1, 0.15) is 16.1 Å². The monoisotopic (exact) mass is 305 g/mol. The van der Waals surface area contributed by atoms with Gasteiger partial charge in [-0.1, -0.05) is 0 Å². The molecule has 23 heavy (non-hydrogen) atoms. The largest absolute Gasteiger partial charge is 0.423 e. The Balaban J connectivity index is 1.62. The zero-order valence-corrected chi connectivity index (χ0v) is 12.0. The predicted molar refractivity (Wildman–Crippen MR) is 81.1 cm³/mol. The molecule has 4 heterocycles. The second-order valence-electron chi connectivity index (χ2n) is 4.88. The molecule has 0 N–H and O–H groups in total. The Morgan fingerprint density at radius 1 is 1.04 bits per heavy atom. The van der Waals surface area contributed by atoms with E-state index in [-0.39, 0.29) is 11.9 Å². The zero-order chi connectivity index (χ0) is 15.6. The standard InChI is InChI=1S/C16H11N5O2/c22-15-12-4-2-7-18-13(12)10-21(15)14-5-8-19-16(20-14)23-11-3-1-6-17-9-11/h1-9H,10H2. The third-order valence-electron chi connectivity index (χ3n) is 3.41. The summed E-state index contributed by atoms with van der Waals surface area (Å²) in [4.78, 5) is 30.6. The number of nitrogens with zero attached hydrogens (tertiary/aromatic N) is 5. The van der Waals surface area contributed by atoms with Crippen molar-refractivity contribution in [2.24, 2.45) is 0 Å². The second kappa shape index (κ2) is 5.45. The summed E-state index contributed by atoms with van der Waals surface area (Å²) in [5.74, 6) is 0.878. The van der Waals surface area contributed by atoms with E-state index in [0.717, 1.165) is 5.69 Å². The van der Waals surface area contributed by atoms with Gasteiger partial charge in [-0.05, 0) is 30.3 Å². The normalized spacial score (nSPS) is 13.0. The van der Waals surface area contributed by atoms with Gasteiger partial charge in [-0.2, -0.15) is 4.98 Å². The van der Waals surface area contributed by atoms with Gasteiger partial charge in [0.1, 0.15) is 11.6 Å². The molecule has 1 aliphatic heterocycles. The van der Waals surface area contributed by atoms with E-state index in [2.05, 4.69) is 19.9 Å². The third-order valence-corrected chi connectivity index (χ3v) is 3.41. The summed E-state index contributed by atoms with van der Waals surface area (Å²) in [5.41, 5.74) is 1.34. The zero-order valence-electron chi connectivity index (χ0n) is 12.0. The minimum Gasteiger partial charge on any atom is -0.423 e. The number of pyridine rings is 2. The van der Waals surface area contributed by atoms with Gasteiger partial charge in [-0.25, -0.2) is 4.98 Å². The summed E-state index contributed by atoms with van der Waals surface area (Å²) in [6.07, 6.45) is 6.44. The van der Waals surface area contributed by atoms with Crippen molar-refractivity contribution >= 4 is 11.7 Å². The lowest BCUT2D eigenvalue weighted by atomic mass is 10.2. The highest BCUT2D eigenvalue weighted by atomic mass is 16.5. The molecule has 0 fully saturated rings. The molecule has 0 bridgehead atoms. The molecule has 0 spiro atoms. The molecule has 1 aliphatic rings. The smallest absolute Gasteiger partial charge is 0.323 e. The van der Waals surface area contributed by atoms with Crippen LogP contribution in [-0.2, 0) is 6.54 Å². The van der Waals surface area contributed by atoms with Crippen LogP contribution in [-0.4, -0.2) is 25.8 Å². The molecule has 7 heteroatoms. The maximum Gasteiger partial charge on any atom is 0.323 e. The molecule has 0 saturated heterocycles. The average molecular weight is 305 g/mol. The van der Waals surface area contributed by atoms with Crippen molar-refractivity contribution in [2.75, 3.05) is 4.90 Å². The van der Waals surface area contributed by atoms with Crippen LogP contribution >= 0.6 is 0 Å². The Labute approximate surface area is 131 Å². The van der Waals surface area contributed by atoms with E-state index in [1.54, 1.807) is 60.0 Å². The van der Waals surface area contributed by atoms with Gasteiger partial charge in [0.2, 0.25) is 0 Å². The molecular weight excluding hydrogens is 294 g/mol. The topological polar surface area (TPSA) is 81.1 Å². The molecule has 0 atom stereocenters. The van der Waals surface area contributed by atoms with Gasteiger partial charge in [0.05, 0.1) is 24.0 Å². The Kier molecular flexibility index (Phi) is 3.16. The number of carbonyl (C=O) groups excluding carboxylic acids is 1. The molecule has 0 radical (unpaired) electrons. The van der Waals surface area contributed by atoms with Crippen molar-refractivity contribution < 1.29 is 9.53 Å². The predicted octanol–water partition coefficient (Wildman–Crippen LogP) is 2.22. The molecular formula is C16H11N5O2. The number of ether oxygens (including phenoxy) is 1. The van der Waals surface area contributed by atoms with Crippen molar-refractivity contribution in [3.8, 4) is 11.8 Å². The molecule has 1 amide bonds. The Hall–Kier alpha value is -3.35. The summed E-state index contributed by atoms with van der Waals surface area (Å²) >= 11 is 0. The molecule has 3 aromatic heterocycles. The fraction of sp³-hybridized carbons (Fsp3) is 0.0625. The minimum absolute atomic E-state index is 0.126. The van der Waals surface area contributed by atoms with Crippen LogP contribution < -0.4 is 9.64 Å². The van der Waals surface area contributed by atoms with Crippen LogP contribution in [0, 0.1) is 0 Å². The Morgan fingerprint density at radius 3 is 2.78 bits per heavy atom. The summed E-state index contributed by atoms with van der Waals surface area (Å²) in [7, 11) is 0. The first-order valence-corrected chi connectivity index (χ1v) is 6.98. The fourth-order valence-electron chi connectivity index (χ4n) is 2.35. The average Bonchev–Trinajstić information content (AvgIpc) is 2.93. The number of hydrogen-bond donors (Lipinski definition) is 0. The first-order valence-electron chi connectivity index (χ1n) is 6.98. The Bertz CT molecular complexity index is 869. The van der Waals surface area contributed by atoms with Crippen molar-refractivity contribution in [1.29, 1.82) is 0 Å². The van der Waals surface area contributed by atoms with Crippen LogP contribution in [0.3, 0.4) is 0 Å². The highest BCUT2D eigenvalue weighted by molar-refractivity contribution is 6.09. The number of fused-ring (bicyclic) bond motifs is 1. The lowest BCUT2D eigenvalue weighted by molar-refractivity contribution is 0.0996. The SMILES string of the molecule is O=C1c2cccnc2CN1c1ccnc(Oc2cccnc2)n1. The minimum atomic E-state index is -0.126. The summed E-state index contributed by atoms with van der Waals surface area (Å²) in [6.45, 7) is 0.387. The van der Waals surface area contributed by atoms with E-state index < -0.39 is 0 Å². The third kappa shape index (κ3) is 2.48. The number of rotatable bonds is 3. The van der Waals surface area contributed by atoms with Gasteiger partial charge in [0.25, 0.3) is 5.91 Å². The number of aromatic nitrogens is 4. The molecule has 0 aromatic carbocycles. The lowest BCUT2D eigenvalue weighted by Crippen LogP contribution is -2.24. The van der Waals surface area contributed by atoms with Crippen molar-refractivity contribution in [3.63, 3.8) is 0 Å². The molecule has 112 valence electrons. The van der Waals surface area contributed by atoms with Gasteiger partial charge in [-0.15, -0.1) is 0 Å². The molecule has 4 rings (SSSR count). The van der Waals surface area contributed by atoms with Gasteiger partial charge in [0.15, 0.2) is 0 Å². The lowest BCUT2D eigenvalue weighted by Gasteiger charge is -2.14. The highest BCUT2D eigenvalue weighted by Gasteiger charge is 2.30. The van der Waals surface area contributed by atoms with Gasteiger partial charge in [-0.3, -0.25) is 19.7 Å². The van der Waals surface area contributed by atoms with E-state index in [1.807, 2.05) is 0 Å². The van der Waals surface area contributed by atoms with E-state index >= 15 is 0 Å². The summed E-state index contributed by atoms with van der Waals surface area (Å²) < 4.78 is 5.55. The molecule has 0 saturated carbocycles. The number of hydrogen-bond acceptors (Lipinski definition) is 6. The first kappa shape index (κ1) is 13.3. The van der Waals surface area contributed by atoms with Gasteiger partial charge in [0, 0.05) is 18.6 Å². The van der Waals surface area contributed by atoms with Crippen LogP contribution in [0.4, 0.5) is 5.82 Å². The fourth-order valence-corrected chi connectivity index (χ4v) is 2.35. The van der Waals surface area contributed by atoms with Crippen LogP contribution in [0.2, 0.25) is 0 Å². The van der Waals surface area contributed by atoms with Crippen molar-refractivity contribution in [1.82, 2.24) is 19.9 Å². The van der Waals surface area contributed by atoms with Gasteiger partial charge < -0.3 is 4.74 Å². The number of anilines is 1. The maximum absolute atomic E-state index is 12.4. The van der Waals surface area contributed by atoms with Crippen LogP contribution in [0.15, 0.2) is 55.1 Å². The summed E-state index contributed by atoms with van der Waals surface area (Å²) in [6, 6.07) is 8.85. The first-order chi connectivity index (χ1) is 11.3. The van der Waals surface area contributed by atoms with E-state index in [4.69, 9.17) is 4.74 Å². The molecule has 0 unspecified atom stereocenters. The quantitative estimate of drug-likeness (QED) is 0.738. The van der Waals surface area contributed by atoms with Crippen LogP contribution in [0.25, 0.3) is 0 Å². The van der Waals surface area contributed by atoms with E-state index in [1.165, 1.54) is 0 Å². The Morgan fingerprint density at radius 2 is 1.96 bits per heavy atom. The van der Waals surface area contributed by atoms with Crippen LogP contribution in [0.5, 0.6) is 11.8 Å². The second-order valence-corrected chi connectivity index (χ2v) is 4.88. The van der Waals surface area contributed by atoms with E-state index in [9.17, 15) is 4.79 Å². The number of carbonyl (C=O) groups is 1. The number of amides is 1. The van der Waals surface area contributed by atoms with E-state index in [0.29, 0.717) is 23.7 Å². The molecule has 3 aromatic rings. The van der Waals surface area contributed by atoms with Crippen molar-refractivity contribution in [2.45, 2.75) is 6.54 Å². The highest BCUT2D eigenvalue weighted by Crippen LogP contribution is 2.26. The molecule has 7 nitrogen and oxygen atoms in total. The maximum atomic E-state index is 12.4.